The summed E-state index contributed by atoms with van der Waals surface area (Å²) in [4.78, 5) is 11.9. The number of hydrogen-bond acceptors (Lipinski definition) is 4. The maximum atomic E-state index is 11.9. The molecular formula is C17H23ClN2O3S. The van der Waals surface area contributed by atoms with Crippen molar-refractivity contribution in [3.63, 3.8) is 0 Å². The first-order chi connectivity index (χ1) is 10.9. The average Bonchev–Trinajstić information content (AvgIpc) is 2.52. The molecule has 2 aromatic carbocycles. The Kier molecular flexibility index (Phi) is 7.66. The normalized spacial score (nSPS) is 12.4. The summed E-state index contributed by atoms with van der Waals surface area (Å²) >= 11 is 0. The Morgan fingerprint density at radius 1 is 1.17 bits per heavy atom. The third kappa shape index (κ3) is 6.11. The topological polar surface area (TPSA) is 89.3 Å². The number of rotatable bonds is 7. The van der Waals surface area contributed by atoms with Gasteiger partial charge in [-0.2, -0.15) is 0 Å². The lowest BCUT2D eigenvalue weighted by atomic mass is 10.0. The van der Waals surface area contributed by atoms with Crippen LogP contribution in [0, 0.1) is 0 Å². The summed E-state index contributed by atoms with van der Waals surface area (Å²) in [5.41, 5.74) is 6.88. The van der Waals surface area contributed by atoms with Crippen molar-refractivity contribution < 1.29 is 13.2 Å². The Hall–Kier alpha value is -1.63. The van der Waals surface area contributed by atoms with Gasteiger partial charge in [-0.05, 0) is 29.2 Å². The van der Waals surface area contributed by atoms with Crippen LogP contribution in [0.5, 0.6) is 0 Å². The van der Waals surface area contributed by atoms with Crippen LogP contribution in [0.15, 0.2) is 42.5 Å². The molecule has 0 aliphatic heterocycles. The quantitative estimate of drug-likeness (QED) is 0.776. The summed E-state index contributed by atoms with van der Waals surface area (Å²) in [6.45, 7) is 0.472. The van der Waals surface area contributed by atoms with E-state index in [1.165, 1.54) is 10.8 Å². The van der Waals surface area contributed by atoms with Gasteiger partial charge in [-0.1, -0.05) is 42.5 Å². The van der Waals surface area contributed by atoms with Crippen molar-refractivity contribution in [1.29, 1.82) is 0 Å². The smallest absolute Gasteiger partial charge is 0.236 e. The fourth-order valence-corrected chi connectivity index (χ4v) is 3.12. The van der Waals surface area contributed by atoms with Crippen LogP contribution in [0.3, 0.4) is 0 Å². The highest BCUT2D eigenvalue weighted by Crippen LogP contribution is 2.18. The van der Waals surface area contributed by atoms with Gasteiger partial charge >= 0.3 is 0 Å². The molecule has 0 bridgehead atoms. The van der Waals surface area contributed by atoms with Crippen LogP contribution in [-0.4, -0.2) is 38.9 Å². The van der Waals surface area contributed by atoms with Gasteiger partial charge in [-0.15, -0.1) is 12.4 Å². The van der Waals surface area contributed by atoms with Gasteiger partial charge in [-0.3, -0.25) is 4.79 Å². The molecule has 0 heterocycles. The van der Waals surface area contributed by atoms with E-state index in [-0.39, 0.29) is 30.5 Å². The van der Waals surface area contributed by atoms with Crippen LogP contribution < -0.4 is 11.1 Å². The Balaban J connectivity index is 0.00000288. The molecule has 1 amide bonds. The summed E-state index contributed by atoms with van der Waals surface area (Å²) < 4.78 is 22.2. The van der Waals surface area contributed by atoms with Crippen molar-refractivity contribution in [3.8, 4) is 0 Å². The maximum Gasteiger partial charge on any atom is 0.236 e. The zero-order valence-electron chi connectivity index (χ0n) is 13.6. The lowest BCUT2D eigenvalue weighted by molar-refractivity contribution is -0.122. The molecule has 2 rings (SSSR count). The minimum Gasteiger partial charge on any atom is -0.354 e. The fourth-order valence-electron chi connectivity index (χ4n) is 2.43. The molecule has 2 aromatic rings. The second-order valence-electron chi connectivity index (χ2n) is 5.70. The number of hydrogen-bond donors (Lipinski definition) is 2. The molecule has 3 N–H and O–H groups in total. The zero-order chi connectivity index (χ0) is 16.9. The molecule has 0 aromatic heterocycles. The number of sulfone groups is 1. The number of nitrogens with two attached hydrogens (primary N) is 1. The third-order valence-corrected chi connectivity index (χ3v) is 4.69. The number of amides is 1. The first-order valence-electron chi connectivity index (χ1n) is 7.54. The zero-order valence-corrected chi connectivity index (χ0v) is 15.2. The number of halogens is 1. The molecular weight excluding hydrogens is 348 g/mol. The van der Waals surface area contributed by atoms with Gasteiger partial charge in [-0.25, -0.2) is 8.42 Å². The lowest BCUT2D eigenvalue weighted by Crippen LogP contribution is -2.42. The van der Waals surface area contributed by atoms with Crippen LogP contribution in [0.2, 0.25) is 0 Å². The minimum absolute atomic E-state index is 0. The summed E-state index contributed by atoms with van der Waals surface area (Å²) in [7, 11) is -3.10. The predicted molar refractivity (Wildman–Crippen MR) is 100 cm³/mol. The lowest BCUT2D eigenvalue weighted by Gasteiger charge is -2.12. The van der Waals surface area contributed by atoms with E-state index in [0.29, 0.717) is 13.0 Å². The van der Waals surface area contributed by atoms with Gasteiger partial charge in [0.1, 0.15) is 9.84 Å². The molecule has 24 heavy (non-hydrogen) atoms. The number of carbonyl (C=O) groups excluding carboxylic acids is 1. The molecule has 1 unspecified atom stereocenters. The molecule has 0 radical (unpaired) electrons. The van der Waals surface area contributed by atoms with Crippen molar-refractivity contribution in [3.05, 3.63) is 48.0 Å². The average molecular weight is 371 g/mol. The number of nitrogens with one attached hydrogen (secondary N) is 1. The molecule has 0 saturated carbocycles. The van der Waals surface area contributed by atoms with E-state index >= 15 is 0 Å². The van der Waals surface area contributed by atoms with E-state index in [1.54, 1.807) is 0 Å². The summed E-state index contributed by atoms with van der Waals surface area (Å²) in [5.74, 6) is -0.390. The van der Waals surface area contributed by atoms with Crippen molar-refractivity contribution in [2.24, 2.45) is 5.73 Å². The van der Waals surface area contributed by atoms with Gasteiger partial charge in [0, 0.05) is 12.8 Å². The number of fused-ring (bicyclic) bond motifs is 1. The maximum absolute atomic E-state index is 11.9. The standard InChI is InChI=1S/C17H22N2O3S.ClH/c1-23(21,22)12-10-16(18)17(20)19-11-9-14-7-4-6-13-5-2-3-8-15(13)14;/h2-8,16H,9-12,18H2,1H3,(H,19,20);1H. The van der Waals surface area contributed by atoms with E-state index in [2.05, 4.69) is 23.5 Å². The molecule has 7 heteroatoms. The first-order valence-corrected chi connectivity index (χ1v) is 9.60. The Bertz CT molecular complexity index is 788. The largest absolute Gasteiger partial charge is 0.354 e. The summed E-state index contributed by atoms with van der Waals surface area (Å²) in [5, 5.41) is 5.11. The van der Waals surface area contributed by atoms with Crippen molar-refractivity contribution in [1.82, 2.24) is 5.32 Å². The van der Waals surface area contributed by atoms with Crippen LogP contribution in [0.4, 0.5) is 0 Å². The van der Waals surface area contributed by atoms with Crippen molar-refractivity contribution in [2.45, 2.75) is 18.9 Å². The highest BCUT2D eigenvalue weighted by Gasteiger charge is 2.15. The van der Waals surface area contributed by atoms with Gasteiger partial charge in [0.2, 0.25) is 5.91 Å². The predicted octanol–water partition coefficient (Wildman–Crippen LogP) is 1.68. The molecule has 132 valence electrons. The number of benzene rings is 2. The molecule has 0 aliphatic carbocycles. The molecule has 0 spiro atoms. The molecule has 1 atom stereocenters. The second-order valence-corrected chi connectivity index (χ2v) is 7.96. The van der Waals surface area contributed by atoms with Crippen LogP contribution in [0.25, 0.3) is 10.8 Å². The van der Waals surface area contributed by atoms with Crippen molar-refractivity contribution in [2.75, 3.05) is 18.6 Å². The van der Waals surface area contributed by atoms with Gasteiger partial charge in [0.25, 0.3) is 0 Å². The van der Waals surface area contributed by atoms with Crippen LogP contribution in [0.1, 0.15) is 12.0 Å². The monoisotopic (exact) mass is 370 g/mol. The summed E-state index contributed by atoms with van der Waals surface area (Å²) in [6.07, 6.45) is 1.98. The minimum atomic E-state index is -3.10. The van der Waals surface area contributed by atoms with Gasteiger partial charge < -0.3 is 11.1 Å². The fraction of sp³-hybridized carbons (Fsp3) is 0.353. The SMILES string of the molecule is CS(=O)(=O)CCC(N)C(=O)NCCc1cccc2ccccc12.Cl. The van der Waals surface area contributed by atoms with Gasteiger partial charge in [0.15, 0.2) is 0 Å². The Morgan fingerprint density at radius 3 is 2.54 bits per heavy atom. The van der Waals surface area contributed by atoms with Crippen LogP contribution in [-0.2, 0) is 21.1 Å². The highest BCUT2D eigenvalue weighted by atomic mass is 35.5. The van der Waals surface area contributed by atoms with E-state index in [9.17, 15) is 13.2 Å². The first kappa shape index (κ1) is 20.4. The molecule has 0 fully saturated rings. The third-order valence-electron chi connectivity index (χ3n) is 3.71. The Morgan fingerprint density at radius 2 is 1.83 bits per heavy atom. The van der Waals surface area contributed by atoms with Gasteiger partial charge in [0.05, 0.1) is 11.8 Å². The molecule has 0 saturated heterocycles. The van der Waals surface area contributed by atoms with E-state index in [1.807, 2.05) is 24.3 Å². The van der Waals surface area contributed by atoms with E-state index in [0.717, 1.165) is 11.8 Å². The Labute approximate surface area is 148 Å². The van der Waals surface area contributed by atoms with Crippen molar-refractivity contribution >= 4 is 38.9 Å². The molecule has 5 nitrogen and oxygen atoms in total. The van der Waals surface area contributed by atoms with Crippen LogP contribution >= 0.6 is 12.4 Å². The summed E-state index contributed by atoms with van der Waals surface area (Å²) in [6, 6.07) is 13.4. The number of carbonyl (C=O) groups is 1. The second kappa shape index (κ2) is 9.01. The van der Waals surface area contributed by atoms with E-state index in [4.69, 9.17) is 5.73 Å². The molecule has 0 aliphatic rings. The van der Waals surface area contributed by atoms with E-state index < -0.39 is 15.9 Å². The highest BCUT2D eigenvalue weighted by molar-refractivity contribution is 7.90.